The van der Waals surface area contributed by atoms with Crippen LogP contribution in [-0.2, 0) is 10.6 Å². The van der Waals surface area contributed by atoms with E-state index in [-0.39, 0.29) is 21.4 Å². The molecule has 1 aromatic heterocycles. The van der Waals surface area contributed by atoms with Crippen LogP contribution in [0.4, 0.5) is 0 Å². The molecule has 0 spiro atoms. The molecule has 0 radical (unpaired) electrons. The molecule has 1 aliphatic heterocycles. The van der Waals surface area contributed by atoms with Crippen molar-refractivity contribution >= 4 is 47.1 Å². The first-order chi connectivity index (χ1) is 7.09. The van der Waals surface area contributed by atoms with Gasteiger partial charge in [-0.3, -0.25) is 4.79 Å². The highest BCUT2D eigenvalue weighted by Gasteiger charge is 2.51. The second kappa shape index (κ2) is 2.97. The first-order valence-corrected chi connectivity index (χ1v) is 5.61. The Labute approximate surface area is 100 Å². The van der Waals surface area contributed by atoms with E-state index in [4.69, 9.17) is 4.52 Å². The summed E-state index contributed by atoms with van der Waals surface area (Å²) in [7, 11) is 12.4. The van der Waals surface area contributed by atoms with Gasteiger partial charge in [-0.2, -0.15) is 5.16 Å². The van der Waals surface area contributed by atoms with Crippen LogP contribution in [0, 0.1) is 0 Å². The number of rotatable bonds is 0. The molecule has 0 aliphatic carbocycles. The predicted octanol–water partition coefficient (Wildman–Crippen LogP) is -6.71. The smallest absolute Gasteiger partial charge is 0.282 e. The summed E-state index contributed by atoms with van der Waals surface area (Å²) in [5, 5.41) is 5.24. The van der Waals surface area contributed by atoms with Gasteiger partial charge in [-0.25, -0.2) is 0 Å². The van der Waals surface area contributed by atoms with Crippen molar-refractivity contribution in [1.29, 1.82) is 0 Å². The lowest BCUT2D eigenvalue weighted by Gasteiger charge is -2.52. The lowest BCUT2D eigenvalue weighted by molar-refractivity contribution is 0.321. The summed E-state index contributed by atoms with van der Waals surface area (Å²) in [6, 6.07) is 0. The molecular formula is C6H14B6N2O2. The van der Waals surface area contributed by atoms with Crippen molar-refractivity contribution in [2.24, 2.45) is 0 Å². The summed E-state index contributed by atoms with van der Waals surface area (Å²) in [6.45, 7) is 0. The number of hydrogen-bond donors (Lipinski definition) is 2. The fourth-order valence-corrected chi connectivity index (χ4v) is 2.62. The highest BCUT2D eigenvalue weighted by molar-refractivity contribution is 6.56. The Morgan fingerprint density at radius 1 is 1.06 bits per heavy atom. The van der Waals surface area contributed by atoms with Crippen molar-refractivity contribution in [1.82, 2.24) is 10.5 Å². The maximum absolute atomic E-state index is 11.9. The minimum Gasteiger partial charge on any atom is -0.383 e. The Bertz CT molecular complexity index is 489. The molecule has 10 heteroatoms. The molecule has 0 atom stereocenters. The van der Waals surface area contributed by atoms with Crippen LogP contribution in [0.15, 0.2) is 9.32 Å². The lowest BCUT2D eigenvalue weighted by atomic mass is 9.29. The summed E-state index contributed by atoms with van der Waals surface area (Å²) >= 11 is 0. The normalized spacial score (nSPS) is 24.8. The first-order valence-electron chi connectivity index (χ1n) is 5.61. The number of aromatic nitrogens is 1. The second-order valence-electron chi connectivity index (χ2n) is 6.24. The van der Waals surface area contributed by atoms with Gasteiger partial charge in [0.05, 0.1) is 5.56 Å². The fraction of sp³-hybridized carbons (Fsp3) is 0.500. The van der Waals surface area contributed by atoms with Crippen LogP contribution in [0.3, 0.4) is 0 Å². The van der Waals surface area contributed by atoms with E-state index in [9.17, 15) is 4.79 Å². The number of hydrogen-bond acceptors (Lipinski definition) is 3. The minimum absolute atomic E-state index is 0.109. The molecule has 0 unspecified atom stereocenters. The van der Waals surface area contributed by atoms with Gasteiger partial charge in [0.2, 0.25) is 0 Å². The molecule has 0 bridgehead atoms. The Morgan fingerprint density at radius 3 is 2.19 bits per heavy atom. The lowest BCUT2D eigenvalue weighted by Crippen LogP contribution is -2.73. The summed E-state index contributed by atoms with van der Waals surface area (Å²) in [5.74, 6) is 0.724. The Morgan fingerprint density at radius 2 is 1.62 bits per heavy atom. The van der Waals surface area contributed by atoms with E-state index in [2.05, 4.69) is 41.9 Å². The molecule has 16 heavy (non-hydrogen) atoms. The monoisotopic (exact) mass is 212 g/mol. The van der Waals surface area contributed by atoms with E-state index in [0.29, 0.717) is 0 Å². The predicted molar refractivity (Wildman–Crippen MR) is 79.8 cm³/mol. The molecule has 4 nitrogen and oxygen atoms in total. The van der Waals surface area contributed by atoms with Gasteiger partial charge in [0, 0.05) is 5.34 Å². The van der Waals surface area contributed by atoms with Crippen LogP contribution < -0.4 is 10.9 Å². The van der Waals surface area contributed by atoms with Gasteiger partial charge in [0.25, 0.3) is 5.56 Å². The van der Waals surface area contributed by atoms with Gasteiger partial charge in [-0.05, 0) is 10.6 Å². The van der Waals surface area contributed by atoms with Crippen molar-refractivity contribution in [3.8, 4) is 0 Å². The molecule has 0 fully saturated rings. The van der Waals surface area contributed by atoms with E-state index in [1.165, 1.54) is 0 Å². The Kier molecular flexibility index (Phi) is 2.20. The molecule has 2 rings (SSSR count). The number of fused-ring (bicyclic) bond motifs is 1. The van der Waals surface area contributed by atoms with Crippen molar-refractivity contribution in [2.45, 2.75) is 15.9 Å². The third kappa shape index (κ3) is 1.32. The SMILES string of the molecule is BC1(B)NC(B)(B)C(B)(B)c2c1o[nH]c2=O. The van der Waals surface area contributed by atoms with Crippen molar-refractivity contribution < 1.29 is 4.52 Å². The van der Waals surface area contributed by atoms with Gasteiger partial charge in [-0.1, -0.05) is 0 Å². The zero-order valence-electron chi connectivity index (χ0n) is 10.8. The largest absolute Gasteiger partial charge is 0.383 e. The van der Waals surface area contributed by atoms with E-state index in [0.717, 1.165) is 11.3 Å². The average molecular weight is 211 g/mol. The highest BCUT2D eigenvalue weighted by atomic mass is 16.5. The maximum atomic E-state index is 11.9. The van der Waals surface area contributed by atoms with Gasteiger partial charge in [-0.15, -0.1) is 0 Å². The maximum Gasteiger partial charge on any atom is 0.282 e. The fourth-order valence-electron chi connectivity index (χ4n) is 2.62. The van der Waals surface area contributed by atoms with Crippen molar-refractivity contribution in [2.75, 3.05) is 0 Å². The van der Waals surface area contributed by atoms with Gasteiger partial charge >= 0.3 is 0 Å². The number of nitrogens with one attached hydrogen (secondary N) is 2. The molecule has 0 saturated carbocycles. The molecule has 2 N–H and O–H groups in total. The molecule has 0 saturated heterocycles. The molecule has 1 aliphatic rings. The van der Waals surface area contributed by atoms with Crippen LogP contribution >= 0.6 is 0 Å². The zero-order chi connectivity index (χ0) is 12.4. The van der Waals surface area contributed by atoms with E-state index in [1.54, 1.807) is 0 Å². The summed E-state index contributed by atoms with van der Waals surface area (Å²) in [5.41, 5.74) is 0.656. The molecule has 0 amide bonds. The summed E-state index contributed by atoms with van der Waals surface area (Å²) in [4.78, 5) is 11.9. The average Bonchev–Trinajstić information content (AvgIpc) is 2.44. The second-order valence-corrected chi connectivity index (χ2v) is 6.24. The topological polar surface area (TPSA) is 58.0 Å². The standard InChI is InChI=1S/C6H14B6N2O2/c7-4(8)1-2(16-13-3(1)15)5(9,10)14-6(4,11)12/h14H,7-12H2,(H,13,15). The summed E-state index contributed by atoms with van der Waals surface area (Å²) in [6.07, 6.45) is 0. The quantitative estimate of drug-likeness (QED) is 0.419. The van der Waals surface area contributed by atoms with E-state index >= 15 is 0 Å². The van der Waals surface area contributed by atoms with Gasteiger partial charge in [0.15, 0.2) is 0 Å². The van der Waals surface area contributed by atoms with Crippen LogP contribution in [0.5, 0.6) is 0 Å². The van der Waals surface area contributed by atoms with Crippen molar-refractivity contribution in [3.05, 3.63) is 21.7 Å². The molecule has 0 aromatic carbocycles. The number of H-pyrrole nitrogens is 1. The third-order valence-corrected chi connectivity index (χ3v) is 4.08. The minimum atomic E-state index is -0.326. The van der Waals surface area contributed by atoms with Gasteiger partial charge in [0.1, 0.15) is 52.8 Å². The third-order valence-electron chi connectivity index (χ3n) is 4.08. The molecule has 1 aromatic rings. The zero-order valence-corrected chi connectivity index (χ0v) is 10.8. The van der Waals surface area contributed by atoms with E-state index in [1.807, 2.05) is 15.7 Å². The van der Waals surface area contributed by atoms with E-state index < -0.39 is 0 Å². The number of aromatic amines is 1. The first kappa shape index (κ1) is 11.8. The van der Waals surface area contributed by atoms with Crippen LogP contribution in [-0.4, -0.2) is 57.6 Å². The Hall–Kier alpha value is -0.640. The van der Waals surface area contributed by atoms with Crippen molar-refractivity contribution in [3.63, 3.8) is 0 Å². The molecule has 78 valence electrons. The Balaban J connectivity index is 2.79. The molecule has 2 heterocycles. The van der Waals surface area contributed by atoms with Crippen LogP contribution in [0.25, 0.3) is 0 Å². The van der Waals surface area contributed by atoms with Gasteiger partial charge < -0.3 is 9.84 Å². The van der Waals surface area contributed by atoms with Crippen LogP contribution in [0.1, 0.15) is 11.3 Å². The molecular weight excluding hydrogens is 197 g/mol. The summed E-state index contributed by atoms with van der Waals surface area (Å²) < 4.78 is 5.33. The van der Waals surface area contributed by atoms with Crippen LogP contribution in [0.2, 0.25) is 0 Å². The highest BCUT2D eigenvalue weighted by Crippen LogP contribution is 2.36.